The lowest BCUT2D eigenvalue weighted by Gasteiger charge is -2.33. The summed E-state index contributed by atoms with van der Waals surface area (Å²) in [7, 11) is 0. The van der Waals surface area contributed by atoms with Gasteiger partial charge in [-0.3, -0.25) is 9.69 Å². The number of rotatable bonds is 6. The van der Waals surface area contributed by atoms with Crippen LogP contribution in [0.15, 0.2) is 84.0 Å². The van der Waals surface area contributed by atoms with E-state index in [0.29, 0.717) is 24.4 Å². The summed E-state index contributed by atoms with van der Waals surface area (Å²) in [5.41, 5.74) is 4.86. The average Bonchev–Trinajstić information content (AvgIpc) is 3.32. The highest BCUT2D eigenvalue weighted by Gasteiger charge is 2.35. The number of hydrogen-bond donors (Lipinski definition) is 0. The molecule has 1 fully saturated rings. The monoisotopic (exact) mass is 469 g/mol. The van der Waals surface area contributed by atoms with Gasteiger partial charge in [-0.15, -0.1) is 0 Å². The van der Waals surface area contributed by atoms with Crippen molar-refractivity contribution in [2.24, 2.45) is 11.0 Å². The minimum Gasteiger partial charge on any atom is -0.294 e. The summed E-state index contributed by atoms with van der Waals surface area (Å²) in [6.07, 6.45) is 3.76. The number of amides is 1. The standard InChI is InChI=1S/C30H32FN3O/c1-22-8-7-11-25(18-22)28-20-29(26-12-5-6-13-27(26)31)34(32-28)30(35)21-33-16-14-24(15-17-33)19-23-9-3-2-4-10-23/h2-13,18,24,29H,14-17,19-21H2,1H3. The van der Waals surface area contributed by atoms with Crippen molar-refractivity contribution in [3.63, 3.8) is 0 Å². The molecule has 2 heterocycles. The van der Waals surface area contributed by atoms with E-state index < -0.39 is 6.04 Å². The predicted molar refractivity (Wildman–Crippen MR) is 138 cm³/mol. The Labute approximate surface area is 207 Å². The van der Waals surface area contributed by atoms with Gasteiger partial charge in [0, 0.05) is 12.0 Å². The molecule has 0 N–H and O–H groups in total. The summed E-state index contributed by atoms with van der Waals surface area (Å²) >= 11 is 0. The Morgan fingerprint density at radius 1 is 0.971 bits per heavy atom. The second kappa shape index (κ2) is 10.5. The zero-order valence-electron chi connectivity index (χ0n) is 20.2. The van der Waals surface area contributed by atoms with E-state index in [-0.39, 0.29) is 11.7 Å². The van der Waals surface area contributed by atoms with E-state index >= 15 is 0 Å². The second-order valence-corrected chi connectivity index (χ2v) is 9.81. The molecule has 180 valence electrons. The first-order valence-corrected chi connectivity index (χ1v) is 12.5. The van der Waals surface area contributed by atoms with Crippen LogP contribution in [0.5, 0.6) is 0 Å². The van der Waals surface area contributed by atoms with E-state index in [1.165, 1.54) is 16.6 Å². The number of hydrazone groups is 1. The largest absolute Gasteiger partial charge is 0.294 e. The molecule has 0 aliphatic carbocycles. The van der Waals surface area contributed by atoms with Crippen LogP contribution < -0.4 is 0 Å². The quantitative estimate of drug-likeness (QED) is 0.460. The lowest BCUT2D eigenvalue weighted by molar-refractivity contribution is -0.134. The Bertz CT molecular complexity index is 1200. The van der Waals surface area contributed by atoms with Gasteiger partial charge in [0.1, 0.15) is 5.82 Å². The van der Waals surface area contributed by atoms with Crippen LogP contribution in [0.2, 0.25) is 0 Å². The molecule has 4 nitrogen and oxygen atoms in total. The second-order valence-electron chi connectivity index (χ2n) is 9.81. The van der Waals surface area contributed by atoms with Gasteiger partial charge in [-0.2, -0.15) is 5.10 Å². The third kappa shape index (κ3) is 5.51. The minimum atomic E-state index is -0.421. The number of carbonyl (C=O) groups excluding carboxylic acids is 1. The lowest BCUT2D eigenvalue weighted by atomic mass is 9.90. The molecule has 3 aromatic carbocycles. The Morgan fingerprint density at radius 3 is 2.46 bits per heavy atom. The Hall–Kier alpha value is -3.31. The van der Waals surface area contributed by atoms with E-state index in [0.717, 1.165) is 49.2 Å². The summed E-state index contributed by atoms with van der Waals surface area (Å²) in [5, 5.41) is 6.28. The van der Waals surface area contributed by atoms with Crippen LogP contribution in [-0.4, -0.2) is 41.2 Å². The Kier molecular flexibility index (Phi) is 7.05. The molecule has 35 heavy (non-hydrogen) atoms. The predicted octanol–water partition coefficient (Wildman–Crippen LogP) is 5.77. The highest BCUT2D eigenvalue weighted by molar-refractivity contribution is 6.03. The van der Waals surface area contributed by atoms with Crippen LogP contribution in [0, 0.1) is 18.7 Å². The SMILES string of the molecule is Cc1cccc(C2=NN(C(=O)CN3CCC(Cc4ccccc4)CC3)C(c3ccccc3F)C2)c1. The van der Waals surface area contributed by atoms with Gasteiger partial charge in [0.05, 0.1) is 18.3 Å². The molecule has 0 spiro atoms. The number of piperidine rings is 1. The summed E-state index contributed by atoms with van der Waals surface area (Å²) in [4.78, 5) is 15.7. The molecule has 2 aliphatic rings. The van der Waals surface area contributed by atoms with E-state index in [9.17, 15) is 9.18 Å². The Balaban J connectivity index is 1.28. The highest BCUT2D eigenvalue weighted by atomic mass is 19.1. The van der Waals surface area contributed by atoms with Crippen LogP contribution >= 0.6 is 0 Å². The molecule has 2 aliphatic heterocycles. The summed E-state index contributed by atoms with van der Waals surface area (Å²) in [6.45, 7) is 4.15. The molecule has 3 aromatic rings. The van der Waals surface area contributed by atoms with Gasteiger partial charge in [0.2, 0.25) is 0 Å². The van der Waals surface area contributed by atoms with E-state index in [1.54, 1.807) is 12.1 Å². The van der Waals surface area contributed by atoms with Gasteiger partial charge < -0.3 is 0 Å². The van der Waals surface area contributed by atoms with Gasteiger partial charge in [-0.05, 0) is 62.4 Å². The Morgan fingerprint density at radius 2 is 1.71 bits per heavy atom. The zero-order chi connectivity index (χ0) is 24.2. The average molecular weight is 470 g/mol. The fourth-order valence-corrected chi connectivity index (χ4v) is 5.29. The highest BCUT2D eigenvalue weighted by Crippen LogP contribution is 2.34. The first kappa shape index (κ1) is 23.4. The van der Waals surface area contributed by atoms with Crippen molar-refractivity contribution in [1.29, 1.82) is 0 Å². The van der Waals surface area contributed by atoms with E-state index in [2.05, 4.69) is 41.3 Å². The first-order valence-electron chi connectivity index (χ1n) is 12.5. The molecule has 5 heteroatoms. The molecule has 1 saturated heterocycles. The fraction of sp³-hybridized carbons (Fsp3) is 0.333. The molecule has 1 amide bonds. The van der Waals surface area contributed by atoms with E-state index in [1.807, 2.05) is 31.2 Å². The fourth-order valence-electron chi connectivity index (χ4n) is 5.29. The van der Waals surface area contributed by atoms with Crippen molar-refractivity contribution in [2.75, 3.05) is 19.6 Å². The maximum Gasteiger partial charge on any atom is 0.257 e. The van der Waals surface area contributed by atoms with Crippen LogP contribution in [0.25, 0.3) is 0 Å². The molecule has 0 bridgehead atoms. The van der Waals surface area contributed by atoms with Crippen molar-refractivity contribution < 1.29 is 9.18 Å². The van der Waals surface area contributed by atoms with Crippen molar-refractivity contribution in [1.82, 2.24) is 9.91 Å². The van der Waals surface area contributed by atoms with Crippen molar-refractivity contribution >= 4 is 11.6 Å². The molecule has 0 saturated carbocycles. The maximum atomic E-state index is 14.8. The molecule has 0 aromatic heterocycles. The summed E-state index contributed by atoms with van der Waals surface area (Å²) < 4.78 is 14.8. The van der Waals surface area contributed by atoms with Crippen molar-refractivity contribution in [2.45, 2.75) is 38.6 Å². The molecular formula is C30H32FN3O. The lowest BCUT2D eigenvalue weighted by Crippen LogP contribution is -2.42. The maximum absolute atomic E-state index is 14.8. The van der Waals surface area contributed by atoms with Gasteiger partial charge >= 0.3 is 0 Å². The number of hydrogen-bond acceptors (Lipinski definition) is 3. The molecule has 0 radical (unpaired) electrons. The van der Waals surface area contributed by atoms with Gasteiger partial charge in [0.25, 0.3) is 5.91 Å². The first-order chi connectivity index (χ1) is 17.1. The number of carbonyl (C=O) groups is 1. The number of likely N-dealkylation sites (tertiary alicyclic amines) is 1. The van der Waals surface area contributed by atoms with Gasteiger partial charge in [-0.1, -0.05) is 78.4 Å². The van der Waals surface area contributed by atoms with Crippen molar-refractivity contribution in [3.05, 3.63) is 107 Å². The van der Waals surface area contributed by atoms with Crippen LogP contribution in [0.4, 0.5) is 4.39 Å². The summed E-state index contributed by atoms with van der Waals surface area (Å²) in [5.74, 6) is 0.285. The smallest absolute Gasteiger partial charge is 0.257 e. The topological polar surface area (TPSA) is 35.9 Å². The zero-order valence-corrected chi connectivity index (χ0v) is 20.2. The number of benzene rings is 3. The van der Waals surface area contributed by atoms with Gasteiger partial charge in [-0.25, -0.2) is 9.40 Å². The molecule has 1 unspecified atom stereocenters. The van der Waals surface area contributed by atoms with Crippen LogP contribution in [-0.2, 0) is 11.2 Å². The van der Waals surface area contributed by atoms with Gasteiger partial charge in [0.15, 0.2) is 0 Å². The third-order valence-corrected chi connectivity index (χ3v) is 7.21. The van der Waals surface area contributed by atoms with Crippen LogP contribution in [0.1, 0.15) is 47.6 Å². The molecule has 1 atom stereocenters. The molecule has 5 rings (SSSR count). The third-order valence-electron chi connectivity index (χ3n) is 7.21. The van der Waals surface area contributed by atoms with E-state index in [4.69, 9.17) is 5.10 Å². The minimum absolute atomic E-state index is 0.0672. The summed E-state index contributed by atoms with van der Waals surface area (Å²) in [6, 6.07) is 25.0. The van der Waals surface area contributed by atoms with Crippen LogP contribution in [0.3, 0.4) is 0 Å². The molecular weight excluding hydrogens is 437 g/mol. The number of aryl methyl sites for hydroxylation is 1. The number of halogens is 1. The van der Waals surface area contributed by atoms with Crippen molar-refractivity contribution in [3.8, 4) is 0 Å². The number of nitrogens with zero attached hydrogens (tertiary/aromatic N) is 3. The normalized spacial score (nSPS) is 19.1.